The number of hydrogen-bond donors (Lipinski definition) is 3. The molecular formula is C22H38N4O2. The zero-order valence-corrected chi connectivity index (χ0v) is 17.8. The molecule has 1 atom stereocenters. The highest BCUT2D eigenvalue weighted by Gasteiger charge is 2.35. The van der Waals surface area contributed by atoms with E-state index in [0.29, 0.717) is 19.3 Å². The number of methoxy groups -OCH3 is 1. The van der Waals surface area contributed by atoms with Crippen molar-refractivity contribution >= 4 is 5.96 Å². The molecule has 6 nitrogen and oxygen atoms in total. The number of ether oxygens (including phenoxy) is 2. The number of nitrogens with zero attached hydrogens (tertiary/aromatic N) is 1. The summed E-state index contributed by atoms with van der Waals surface area (Å²) in [6.07, 6.45) is 5.89. The molecule has 1 aromatic rings. The van der Waals surface area contributed by atoms with Crippen LogP contribution < -0.4 is 16.0 Å². The van der Waals surface area contributed by atoms with Crippen LogP contribution in [-0.2, 0) is 9.47 Å². The van der Waals surface area contributed by atoms with Crippen molar-refractivity contribution in [3.8, 4) is 0 Å². The molecule has 158 valence electrons. The van der Waals surface area contributed by atoms with Crippen molar-refractivity contribution < 1.29 is 9.47 Å². The monoisotopic (exact) mass is 390 g/mol. The topological polar surface area (TPSA) is 66.9 Å². The van der Waals surface area contributed by atoms with Gasteiger partial charge in [-0.3, -0.25) is 4.99 Å². The number of nitrogens with one attached hydrogen (secondary N) is 3. The average molecular weight is 391 g/mol. The predicted molar refractivity (Wildman–Crippen MR) is 116 cm³/mol. The molecule has 1 saturated carbocycles. The molecule has 0 radical (unpaired) electrons. The highest BCUT2D eigenvalue weighted by atomic mass is 16.5. The molecule has 0 aliphatic heterocycles. The molecule has 6 heteroatoms. The molecule has 1 unspecified atom stereocenters. The molecule has 28 heavy (non-hydrogen) atoms. The lowest BCUT2D eigenvalue weighted by atomic mass is 9.94. The summed E-state index contributed by atoms with van der Waals surface area (Å²) in [5, 5.41) is 10.8. The van der Waals surface area contributed by atoms with Gasteiger partial charge in [-0.15, -0.1) is 0 Å². The average Bonchev–Trinajstić information content (AvgIpc) is 3.18. The van der Waals surface area contributed by atoms with Crippen molar-refractivity contribution in [2.24, 2.45) is 4.99 Å². The van der Waals surface area contributed by atoms with Gasteiger partial charge in [0, 0.05) is 45.4 Å². The third-order valence-electron chi connectivity index (χ3n) is 5.39. The Labute approximate surface area is 170 Å². The van der Waals surface area contributed by atoms with Crippen molar-refractivity contribution in [3.63, 3.8) is 0 Å². The highest BCUT2D eigenvalue weighted by Crippen LogP contribution is 2.31. The van der Waals surface area contributed by atoms with Gasteiger partial charge in [0.1, 0.15) is 0 Å². The minimum atomic E-state index is 0.121. The van der Waals surface area contributed by atoms with Gasteiger partial charge in [0.05, 0.1) is 13.2 Å². The van der Waals surface area contributed by atoms with Crippen molar-refractivity contribution in [2.75, 3.05) is 47.1 Å². The van der Waals surface area contributed by atoms with Crippen LogP contribution in [-0.4, -0.2) is 58.6 Å². The molecule has 0 spiro atoms. The van der Waals surface area contributed by atoms with Gasteiger partial charge in [-0.25, -0.2) is 0 Å². The summed E-state index contributed by atoms with van der Waals surface area (Å²) in [5.74, 6) is 0.859. The Bertz CT molecular complexity index is 559. The van der Waals surface area contributed by atoms with E-state index in [2.05, 4.69) is 58.2 Å². The SMILES string of the molecule is CN=C(NCCCOCCOC)NCC1(NC(C)c2ccccc2)CCCC1. The summed E-state index contributed by atoms with van der Waals surface area (Å²) in [6, 6.07) is 11.0. The molecule has 1 aliphatic rings. The summed E-state index contributed by atoms with van der Waals surface area (Å²) >= 11 is 0. The molecule has 0 amide bonds. The van der Waals surface area contributed by atoms with Gasteiger partial charge in [-0.2, -0.15) is 0 Å². The third-order valence-corrected chi connectivity index (χ3v) is 5.39. The third kappa shape index (κ3) is 7.78. The maximum absolute atomic E-state index is 5.50. The Morgan fingerprint density at radius 3 is 2.54 bits per heavy atom. The van der Waals surface area contributed by atoms with E-state index < -0.39 is 0 Å². The lowest BCUT2D eigenvalue weighted by molar-refractivity contribution is 0.0698. The summed E-state index contributed by atoms with van der Waals surface area (Å²) in [4.78, 5) is 4.37. The van der Waals surface area contributed by atoms with E-state index in [4.69, 9.17) is 9.47 Å². The standard InChI is InChI=1S/C22H38N4O2/c1-19(20-10-5-4-6-11-20)26-22(12-7-8-13-22)18-25-21(23-2)24-14-9-15-28-17-16-27-3/h4-6,10-11,19,26H,7-9,12-18H2,1-3H3,(H2,23,24,25). The fourth-order valence-electron chi connectivity index (χ4n) is 3.81. The van der Waals surface area contributed by atoms with Crippen LogP contribution in [0.4, 0.5) is 0 Å². The van der Waals surface area contributed by atoms with Crippen LogP contribution in [0, 0.1) is 0 Å². The molecule has 1 aromatic carbocycles. The lowest BCUT2D eigenvalue weighted by Gasteiger charge is -2.35. The molecule has 1 aliphatic carbocycles. The lowest BCUT2D eigenvalue weighted by Crippen LogP contribution is -2.54. The first-order valence-corrected chi connectivity index (χ1v) is 10.5. The summed E-state index contributed by atoms with van der Waals surface area (Å²) in [6.45, 7) is 6.01. The van der Waals surface area contributed by atoms with Crippen molar-refractivity contribution in [2.45, 2.75) is 50.6 Å². The number of benzene rings is 1. The second-order valence-corrected chi connectivity index (χ2v) is 7.58. The number of hydrogen-bond acceptors (Lipinski definition) is 4. The Hall–Kier alpha value is -1.63. The molecule has 0 saturated heterocycles. The number of guanidine groups is 1. The van der Waals surface area contributed by atoms with Gasteiger partial charge < -0.3 is 25.4 Å². The van der Waals surface area contributed by atoms with Crippen LogP contribution in [0.25, 0.3) is 0 Å². The van der Waals surface area contributed by atoms with E-state index in [1.807, 2.05) is 7.05 Å². The molecule has 3 N–H and O–H groups in total. The van der Waals surface area contributed by atoms with E-state index in [-0.39, 0.29) is 5.54 Å². The molecule has 2 rings (SSSR count). The Kier molecular flexibility index (Phi) is 10.3. The maximum Gasteiger partial charge on any atom is 0.191 e. The first-order valence-electron chi connectivity index (χ1n) is 10.5. The minimum Gasteiger partial charge on any atom is -0.382 e. The molecule has 0 heterocycles. The van der Waals surface area contributed by atoms with E-state index in [1.165, 1.54) is 31.2 Å². The Balaban J connectivity index is 1.76. The summed E-state index contributed by atoms with van der Waals surface area (Å²) in [7, 11) is 3.51. The normalized spacial score (nSPS) is 17.5. The van der Waals surface area contributed by atoms with Crippen molar-refractivity contribution in [1.29, 1.82) is 0 Å². The van der Waals surface area contributed by atoms with Crippen LogP contribution in [0.1, 0.15) is 50.6 Å². The Morgan fingerprint density at radius 1 is 1.11 bits per heavy atom. The van der Waals surface area contributed by atoms with Crippen LogP contribution in [0.2, 0.25) is 0 Å². The van der Waals surface area contributed by atoms with Gasteiger partial charge in [0.15, 0.2) is 5.96 Å². The predicted octanol–water partition coefficient (Wildman–Crippen LogP) is 2.87. The summed E-state index contributed by atoms with van der Waals surface area (Å²) < 4.78 is 10.5. The highest BCUT2D eigenvalue weighted by molar-refractivity contribution is 5.79. The van der Waals surface area contributed by atoms with Gasteiger partial charge in [0.2, 0.25) is 0 Å². The van der Waals surface area contributed by atoms with Gasteiger partial charge >= 0.3 is 0 Å². The van der Waals surface area contributed by atoms with E-state index in [9.17, 15) is 0 Å². The van der Waals surface area contributed by atoms with Crippen LogP contribution in [0.5, 0.6) is 0 Å². The zero-order chi connectivity index (χ0) is 20.1. The van der Waals surface area contributed by atoms with Crippen LogP contribution >= 0.6 is 0 Å². The molecule has 1 fully saturated rings. The first kappa shape index (κ1) is 22.7. The van der Waals surface area contributed by atoms with E-state index in [1.54, 1.807) is 7.11 Å². The molecule has 0 bridgehead atoms. The molecule has 0 aromatic heterocycles. The number of aliphatic imine (C=N–C) groups is 1. The zero-order valence-electron chi connectivity index (χ0n) is 17.8. The fourth-order valence-corrected chi connectivity index (χ4v) is 3.81. The van der Waals surface area contributed by atoms with Crippen molar-refractivity contribution in [3.05, 3.63) is 35.9 Å². The minimum absolute atomic E-state index is 0.121. The maximum atomic E-state index is 5.50. The Morgan fingerprint density at radius 2 is 1.86 bits per heavy atom. The quantitative estimate of drug-likeness (QED) is 0.291. The summed E-state index contributed by atoms with van der Waals surface area (Å²) in [5.41, 5.74) is 1.46. The van der Waals surface area contributed by atoms with E-state index >= 15 is 0 Å². The molecular weight excluding hydrogens is 352 g/mol. The second kappa shape index (κ2) is 12.8. The van der Waals surface area contributed by atoms with Gasteiger partial charge in [-0.1, -0.05) is 43.2 Å². The van der Waals surface area contributed by atoms with E-state index in [0.717, 1.165) is 32.1 Å². The van der Waals surface area contributed by atoms with Crippen LogP contribution in [0.3, 0.4) is 0 Å². The van der Waals surface area contributed by atoms with Gasteiger partial charge in [-0.05, 0) is 31.7 Å². The smallest absolute Gasteiger partial charge is 0.191 e. The largest absolute Gasteiger partial charge is 0.382 e. The van der Waals surface area contributed by atoms with Gasteiger partial charge in [0.25, 0.3) is 0 Å². The number of rotatable bonds is 12. The van der Waals surface area contributed by atoms with Crippen molar-refractivity contribution in [1.82, 2.24) is 16.0 Å². The fraction of sp³-hybridized carbons (Fsp3) is 0.682. The second-order valence-electron chi connectivity index (χ2n) is 7.58. The van der Waals surface area contributed by atoms with Crippen LogP contribution in [0.15, 0.2) is 35.3 Å². The first-order chi connectivity index (χ1) is 13.7.